The zero-order chi connectivity index (χ0) is 12.4. The lowest BCUT2D eigenvalue weighted by atomic mass is 10.0. The fourth-order valence-electron chi connectivity index (χ4n) is 2.69. The predicted molar refractivity (Wildman–Crippen MR) is 83.0 cm³/mol. The second kappa shape index (κ2) is 6.08. The van der Waals surface area contributed by atoms with Crippen molar-refractivity contribution in [1.29, 1.82) is 0 Å². The first kappa shape index (κ1) is 13.2. The Labute approximate surface area is 122 Å². The first-order valence-corrected chi connectivity index (χ1v) is 9.11. The SMILES string of the molecule is Clc1ccc2c(c1)C(NC1CCSCC1)CCS2. The zero-order valence-electron chi connectivity index (χ0n) is 10.3. The number of hydrogen-bond donors (Lipinski definition) is 1. The maximum atomic E-state index is 6.14. The summed E-state index contributed by atoms with van der Waals surface area (Å²) in [5.41, 5.74) is 1.41. The largest absolute Gasteiger partial charge is 0.307 e. The van der Waals surface area contributed by atoms with Gasteiger partial charge >= 0.3 is 0 Å². The number of benzene rings is 1. The summed E-state index contributed by atoms with van der Waals surface area (Å²) in [6.07, 6.45) is 3.84. The van der Waals surface area contributed by atoms with Gasteiger partial charge in [0.05, 0.1) is 0 Å². The lowest BCUT2D eigenvalue weighted by molar-refractivity contribution is 0.402. The fraction of sp³-hybridized carbons (Fsp3) is 0.571. The lowest BCUT2D eigenvalue weighted by Gasteiger charge is -2.32. The van der Waals surface area contributed by atoms with Gasteiger partial charge < -0.3 is 5.32 Å². The van der Waals surface area contributed by atoms with Crippen LogP contribution < -0.4 is 5.32 Å². The van der Waals surface area contributed by atoms with E-state index in [0.29, 0.717) is 12.1 Å². The van der Waals surface area contributed by atoms with Gasteiger partial charge in [-0.1, -0.05) is 11.6 Å². The molecule has 1 unspecified atom stereocenters. The van der Waals surface area contributed by atoms with Crippen LogP contribution in [0.25, 0.3) is 0 Å². The van der Waals surface area contributed by atoms with Gasteiger partial charge in [0.2, 0.25) is 0 Å². The molecule has 18 heavy (non-hydrogen) atoms. The van der Waals surface area contributed by atoms with E-state index in [1.165, 1.54) is 47.0 Å². The van der Waals surface area contributed by atoms with Gasteiger partial charge in [-0.3, -0.25) is 0 Å². The van der Waals surface area contributed by atoms with Crippen molar-refractivity contribution in [2.45, 2.75) is 36.2 Å². The summed E-state index contributed by atoms with van der Waals surface area (Å²) in [5.74, 6) is 3.83. The van der Waals surface area contributed by atoms with Crippen LogP contribution in [0.1, 0.15) is 30.9 Å². The third kappa shape index (κ3) is 3.01. The van der Waals surface area contributed by atoms with Gasteiger partial charge in [0.15, 0.2) is 0 Å². The zero-order valence-corrected chi connectivity index (χ0v) is 12.7. The highest BCUT2D eigenvalue weighted by atomic mass is 35.5. The van der Waals surface area contributed by atoms with Gasteiger partial charge in [0, 0.05) is 22.0 Å². The van der Waals surface area contributed by atoms with E-state index < -0.39 is 0 Å². The van der Waals surface area contributed by atoms with E-state index in [4.69, 9.17) is 11.6 Å². The average molecular weight is 300 g/mol. The molecule has 0 aliphatic carbocycles. The first-order chi connectivity index (χ1) is 8.83. The maximum absolute atomic E-state index is 6.14. The van der Waals surface area contributed by atoms with Gasteiger partial charge in [-0.15, -0.1) is 11.8 Å². The van der Waals surface area contributed by atoms with Crippen molar-refractivity contribution in [3.8, 4) is 0 Å². The molecule has 1 aromatic rings. The molecule has 0 saturated carbocycles. The minimum Gasteiger partial charge on any atom is -0.307 e. The summed E-state index contributed by atoms with van der Waals surface area (Å²) in [4.78, 5) is 1.41. The minimum absolute atomic E-state index is 0.507. The van der Waals surface area contributed by atoms with E-state index in [1.807, 2.05) is 17.8 Å². The molecule has 1 atom stereocenters. The summed E-state index contributed by atoms with van der Waals surface area (Å²) in [7, 11) is 0. The van der Waals surface area contributed by atoms with Crippen LogP contribution in [0.3, 0.4) is 0 Å². The molecule has 2 heterocycles. The van der Waals surface area contributed by atoms with Gasteiger partial charge in [0.25, 0.3) is 0 Å². The third-order valence-electron chi connectivity index (χ3n) is 3.67. The molecule has 0 bridgehead atoms. The molecule has 0 spiro atoms. The Morgan fingerprint density at radius 2 is 1.94 bits per heavy atom. The molecule has 2 aliphatic rings. The number of thioether (sulfide) groups is 2. The van der Waals surface area contributed by atoms with Crippen LogP contribution in [-0.4, -0.2) is 23.3 Å². The highest BCUT2D eigenvalue weighted by Gasteiger charge is 2.24. The molecule has 2 aliphatic heterocycles. The van der Waals surface area contributed by atoms with Crippen LogP contribution in [0.2, 0.25) is 5.02 Å². The summed E-state index contributed by atoms with van der Waals surface area (Å²) in [6.45, 7) is 0. The van der Waals surface area contributed by atoms with Gasteiger partial charge in [-0.2, -0.15) is 11.8 Å². The standard InChI is InChI=1S/C14H18ClNS2/c15-10-1-2-14-12(9-10)13(5-8-18-14)16-11-3-6-17-7-4-11/h1-2,9,11,13,16H,3-8H2. The predicted octanol–water partition coefficient (Wildman–Crippen LogP) is 4.36. The van der Waals surface area contributed by atoms with Crippen molar-refractivity contribution in [2.75, 3.05) is 17.3 Å². The van der Waals surface area contributed by atoms with E-state index in [-0.39, 0.29) is 0 Å². The number of fused-ring (bicyclic) bond motifs is 1. The van der Waals surface area contributed by atoms with Crippen molar-refractivity contribution in [3.63, 3.8) is 0 Å². The second-order valence-corrected chi connectivity index (χ2v) is 7.72. The van der Waals surface area contributed by atoms with E-state index in [9.17, 15) is 0 Å². The van der Waals surface area contributed by atoms with E-state index >= 15 is 0 Å². The topological polar surface area (TPSA) is 12.0 Å². The highest BCUT2D eigenvalue weighted by molar-refractivity contribution is 7.99. The molecule has 98 valence electrons. The van der Waals surface area contributed by atoms with Crippen LogP contribution in [0.4, 0.5) is 0 Å². The Balaban J connectivity index is 1.75. The first-order valence-electron chi connectivity index (χ1n) is 6.59. The van der Waals surface area contributed by atoms with Crippen molar-refractivity contribution in [1.82, 2.24) is 5.32 Å². The van der Waals surface area contributed by atoms with Gasteiger partial charge in [-0.05, 0) is 60.3 Å². The number of rotatable bonds is 2. The van der Waals surface area contributed by atoms with E-state index in [1.54, 1.807) is 0 Å². The number of halogens is 1. The van der Waals surface area contributed by atoms with Crippen LogP contribution in [0.15, 0.2) is 23.1 Å². The van der Waals surface area contributed by atoms with Crippen LogP contribution >= 0.6 is 35.1 Å². The average Bonchev–Trinajstić information content (AvgIpc) is 2.41. The van der Waals surface area contributed by atoms with Crippen molar-refractivity contribution < 1.29 is 0 Å². The van der Waals surface area contributed by atoms with Crippen LogP contribution in [0, 0.1) is 0 Å². The van der Waals surface area contributed by atoms with E-state index in [0.717, 1.165) is 5.02 Å². The van der Waals surface area contributed by atoms with Gasteiger partial charge in [-0.25, -0.2) is 0 Å². The molecule has 0 amide bonds. The molecule has 1 N–H and O–H groups in total. The Morgan fingerprint density at radius 1 is 1.11 bits per heavy atom. The number of nitrogens with one attached hydrogen (secondary N) is 1. The third-order valence-corrected chi connectivity index (χ3v) is 6.08. The maximum Gasteiger partial charge on any atom is 0.0410 e. The molecular weight excluding hydrogens is 282 g/mol. The molecule has 0 radical (unpaired) electrons. The Hall–Kier alpha value is 0.170. The highest BCUT2D eigenvalue weighted by Crippen LogP contribution is 2.38. The van der Waals surface area contributed by atoms with Crippen LogP contribution in [-0.2, 0) is 0 Å². The smallest absolute Gasteiger partial charge is 0.0410 e. The molecular formula is C14H18ClNS2. The molecule has 1 fully saturated rings. The van der Waals surface area contributed by atoms with Crippen molar-refractivity contribution in [2.24, 2.45) is 0 Å². The number of hydrogen-bond acceptors (Lipinski definition) is 3. The molecule has 4 heteroatoms. The molecule has 1 aromatic carbocycles. The minimum atomic E-state index is 0.507. The van der Waals surface area contributed by atoms with Crippen molar-refractivity contribution in [3.05, 3.63) is 28.8 Å². The van der Waals surface area contributed by atoms with Gasteiger partial charge in [0.1, 0.15) is 0 Å². The second-order valence-electron chi connectivity index (χ2n) is 4.93. The fourth-order valence-corrected chi connectivity index (χ4v) is 5.08. The summed E-state index contributed by atoms with van der Waals surface area (Å²) >= 11 is 10.2. The quantitative estimate of drug-likeness (QED) is 0.871. The van der Waals surface area contributed by atoms with E-state index in [2.05, 4.69) is 29.2 Å². The Morgan fingerprint density at radius 3 is 2.78 bits per heavy atom. The summed E-state index contributed by atoms with van der Waals surface area (Å²) in [5, 5.41) is 4.72. The Kier molecular flexibility index (Phi) is 4.45. The molecule has 1 saturated heterocycles. The monoisotopic (exact) mass is 299 g/mol. The lowest BCUT2D eigenvalue weighted by Crippen LogP contribution is -2.36. The van der Waals surface area contributed by atoms with Crippen LogP contribution in [0.5, 0.6) is 0 Å². The summed E-state index contributed by atoms with van der Waals surface area (Å²) in [6, 6.07) is 7.54. The van der Waals surface area contributed by atoms with Crippen molar-refractivity contribution >= 4 is 35.1 Å². The normalized spacial score (nSPS) is 24.8. The summed E-state index contributed by atoms with van der Waals surface area (Å²) < 4.78 is 0. The molecule has 0 aromatic heterocycles. The molecule has 1 nitrogen and oxygen atoms in total. The Bertz CT molecular complexity index is 418. The molecule has 3 rings (SSSR count).